The number of carbonyl (C=O) groups excluding carboxylic acids is 4. The van der Waals surface area contributed by atoms with Crippen molar-refractivity contribution in [3.63, 3.8) is 0 Å². The summed E-state index contributed by atoms with van der Waals surface area (Å²) in [6.45, 7) is 4.53. The second kappa shape index (κ2) is 7.36. The maximum Gasteiger partial charge on any atom is 0.303 e. The number of ether oxygens (including phenoxy) is 5. The van der Waals surface area contributed by atoms with Gasteiger partial charge in [-0.25, -0.2) is 0 Å². The minimum absolute atomic E-state index is 0.0727. The molecular weight excluding hydrogens is 338 g/mol. The number of fused-ring (bicyclic) bond motifs is 2. The first-order chi connectivity index (χ1) is 11.6. The molecule has 0 saturated carbocycles. The minimum Gasteiger partial charge on any atom is -0.463 e. The average Bonchev–Trinajstić information content (AvgIpc) is 2.87. The van der Waals surface area contributed by atoms with Crippen LogP contribution in [0.5, 0.6) is 0 Å². The predicted octanol–water partition coefficient (Wildman–Crippen LogP) is -0.957. The summed E-state index contributed by atoms with van der Waals surface area (Å²) in [6, 6.07) is -0.890. The Morgan fingerprint density at radius 2 is 1.68 bits per heavy atom. The van der Waals surface area contributed by atoms with Crippen LogP contribution < -0.4 is 5.32 Å². The van der Waals surface area contributed by atoms with Gasteiger partial charge in [0.1, 0.15) is 12.6 Å². The number of amides is 1. The van der Waals surface area contributed by atoms with Gasteiger partial charge in [-0.05, 0) is 0 Å². The van der Waals surface area contributed by atoms with E-state index in [1.54, 1.807) is 0 Å². The van der Waals surface area contributed by atoms with Gasteiger partial charge >= 0.3 is 17.9 Å². The van der Waals surface area contributed by atoms with Gasteiger partial charge in [-0.15, -0.1) is 0 Å². The Morgan fingerprint density at radius 1 is 1.04 bits per heavy atom. The third kappa shape index (κ3) is 4.26. The van der Waals surface area contributed by atoms with E-state index in [4.69, 9.17) is 23.7 Å². The van der Waals surface area contributed by atoms with E-state index in [0.717, 1.165) is 0 Å². The van der Waals surface area contributed by atoms with E-state index in [0.29, 0.717) is 0 Å². The summed E-state index contributed by atoms with van der Waals surface area (Å²) in [6.07, 6.45) is -3.15. The Hall–Kier alpha value is -2.20. The number of rotatable bonds is 5. The van der Waals surface area contributed by atoms with Gasteiger partial charge in [0, 0.05) is 27.7 Å². The van der Waals surface area contributed by atoms with Crippen LogP contribution in [0, 0.1) is 0 Å². The van der Waals surface area contributed by atoms with Crippen molar-refractivity contribution in [2.45, 2.75) is 57.8 Å². The van der Waals surface area contributed by atoms with Crippen molar-refractivity contribution < 1.29 is 42.9 Å². The maximum absolute atomic E-state index is 11.6. The van der Waals surface area contributed by atoms with Crippen molar-refractivity contribution in [2.24, 2.45) is 0 Å². The van der Waals surface area contributed by atoms with E-state index in [1.807, 2.05) is 0 Å². The fraction of sp³-hybridized carbons (Fsp3) is 0.733. The molecule has 0 radical (unpaired) electrons. The fourth-order valence-corrected chi connectivity index (χ4v) is 2.94. The predicted molar refractivity (Wildman–Crippen MR) is 78.9 cm³/mol. The molecule has 0 unspecified atom stereocenters. The lowest BCUT2D eigenvalue weighted by Gasteiger charge is -2.45. The second-order valence-electron chi connectivity index (χ2n) is 5.97. The Balaban J connectivity index is 2.38. The molecule has 10 heteroatoms. The van der Waals surface area contributed by atoms with E-state index in [-0.39, 0.29) is 13.2 Å². The molecule has 0 aromatic rings. The first-order valence-corrected chi connectivity index (χ1v) is 7.69. The summed E-state index contributed by atoms with van der Waals surface area (Å²) >= 11 is 0. The van der Waals surface area contributed by atoms with Crippen LogP contribution in [-0.2, 0) is 42.9 Å². The highest BCUT2D eigenvalue weighted by Gasteiger charge is 2.63. The molecule has 10 nitrogen and oxygen atoms in total. The SMILES string of the molecule is CC(=O)N[C@H]1[C@H]2OC[C@](COC(C)=O)(O2)[C@H](OC(C)=O)[C@@H]1OC(C)=O. The lowest BCUT2D eigenvalue weighted by Crippen LogP contribution is -2.68. The lowest BCUT2D eigenvalue weighted by atomic mass is 9.87. The standard InChI is InChI=1S/C15H21NO9/c1-7(17)16-11-12(23-9(3)19)13(24-10(4)20)15(5-21-8(2)18)6-22-14(11)25-15/h11-14H,5-6H2,1-4H3,(H,16,17)/t11-,12-,13-,14+,15+/m1/s1. The Bertz CT molecular complexity index is 577. The monoisotopic (exact) mass is 359 g/mol. The minimum atomic E-state index is -1.34. The zero-order valence-electron chi connectivity index (χ0n) is 14.4. The van der Waals surface area contributed by atoms with E-state index in [2.05, 4.69) is 5.32 Å². The topological polar surface area (TPSA) is 126 Å². The highest BCUT2D eigenvalue weighted by atomic mass is 16.8. The first kappa shape index (κ1) is 19.1. The first-order valence-electron chi connectivity index (χ1n) is 7.69. The van der Waals surface area contributed by atoms with Gasteiger partial charge in [0.15, 0.2) is 24.1 Å². The van der Waals surface area contributed by atoms with Crippen molar-refractivity contribution in [1.82, 2.24) is 5.32 Å². The van der Waals surface area contributed by atoms with Crippen molar-refractivity contribution in [2.75, 3.05) is 13.2 Å². The van der Waals surface area contributed by atoms with E-state index < -0.39 is 54.0 Å². The molecule has 25 heavy (non-hydrogen) atoms. The van der Waals surface area contributed by atoms with Gasteiger partial charge in [-0.1, -0.05) is 0 Å². The molecule has 5 atom stereocenters. The number of hydrogen-bond donors (Lipinski definition) is 1. The van der Waals surface area contributed by atoms with E-state index in [1.165, 1.54) is 27.7 Å². The summed E-state index contributed by atoms with van der Waals surface area (Å²) in [5.41, 5.74) is -1.34. The average molecular weight is 359 g/mol. The van der Waals surface area contributed by atoms with Gasteiger partial charge in [0.25, 0.3) is 0 Å². The molecule has 2 bridgehead atoms. The highest BCUT2D eigenvalue weighted by Crippen LogP contribution is 2.40. The third-order valence-corrected chi connectivity index (χ3v) is 3.79. The summed E-state index contributed by atoms with van der Waals surface area (Å²) in [5.74, 6) is -2.26. The van der Waals surface area contributed by atoms with Crippen LogP contribution in [0.4, 0.5) is 0 Å². The Morgan fingerprint density at radius 3 is 2.20 bits per heavy atom. The molecule has 2 rings (SSSR count). The molecule has 1 N–H and O–H groups in total. The van der Waals surface area contributed by atoms with Gasteiger partial charge < -0.3 is 29.0 Å². The lowest BCUT2D eigenvalue weighted by molar-refractivity contribution is -0.249. The molecule has 2 aliphatic heterocycles. The van der Waals surface area contributed by atoms with E-state index >= 15 is 0 Å². The van der Waals surface area contributed by atoms with Crippen LogP contribution in [0.1, 0.15) is 27.7 Å². The zero-order valence-corrected chi connectivity index (χ0v) is 14.4. The molecule has 0 aromatic carbocycles. The smallest absolute Gasteiger partial charge is 0.303 e. The summed E-state index contributed by atoms with van der Waals surface area (Å²) in [4.78, 5) is 45.8. The van der Waals surface area contributed by atoms with Crippen LogP contribution in [0.2, 0.25) is 0 Å². The fourth-order valence-electron chi connectivity index (χ4n) is 2.94. The number of nitrogens with one attached hydrogen (secondary N) is 1. The second-order valence-corrected chi connectivity index (χ2v) is 5.97. The summed E-state index contributed by atoms with van der Waals surface area (Å²) < 4.78 is 27.0. The highest BCUT2D eigenvalue weighted by molar-refractivity contribution is 5.73. The van der Waals surface area contributed by atoms with Crippen molar-refractivity contribution in [3.05, 3.63) is 0 Å². The van der Waals surface area contributed by atoms with Gasteiger partial charge in [0.05, 0.1) is 6.61 Å². The number of esters is 3. The summed E-state index contributed by atoms with van der Waals surface area (Å²) in [5, 5.41) is 2.58. The number of hydrogen-bond acceptors (Lipinski definition) is 9. The molecule has 0 aromatic heterocycles. The third-order valence-electron chi connectivity index (χ3n) is 3.79. The summed E-state index contributed by atoms with van der Waals surface area (Å²) in [7, 11) is 0. The molecule has 1 amide bonds. The largest absolute Gasteiger partial charge is 0.463 e. The zero-order chi connectivity index (χ0) is 18.8. The van der Waals surface area contributed by atoms with Gasteiger partial charge in [-0.2, -0.15) is 0 Å². The van der Waals surface area contributed by atoms with Crippen molar-refractivity contribution >= 4 is 23.8 Å². The maximum atomic E-state index is 11.6. The normalized spacial score (nSPS) is 33.3. The van der Waals surface area contributed by atoms with Crippen LogP contribution in [0.25, 0.3) is 0 Å². The van der Waals surface area contributed by atoms with Crippen molar-refractivity contribution in [3.8, 4) is 0 Å². The molecule has 140 valence electrons. The molecule has 0 spiro atoms. The van der Waals surface area contributed by atoms with Crippen LogP contribution in [0.15, 0.2) is 0 Å². The number of carbonyl (C=O) groups is 4. The van der Waals surface area contributed by atoms with Crippen LogP contribution >= 0.6 is 0 Å². The molecule has 0 aliphatic carbocycles. The van der Waals surface area contributed by atoms with Crippen LogP contribution in [-0.4, -0.2) is 67.2 Å². The molecule has 2 saturated heterocycles. The van der Waals surface area contributed by atoms with Crippen LogP contribution in [0.3, 0.4) is 0 Å². The molecule has 2 heterocycles. The quantitative estimate of drug-likeness (QED) is 0.488. The van der Waals surface area contributed by atoms with Gasteiger partial charge in [0.2, 0.25) is 5.91 Å². The van der Waals surface area contributed by atoms with Crippen molar-refractivity contribution in [1.29, 1.82) is 0 Å². The Kier molecular flexibility index (Phi) is 5.63. The van der Waals surface area contributed by atoms with Gasteiger partial charge in [-0.3, -0.25) is 19.2 Å². The molecule has 2 fully saturated rings. The van der Waals surface area contributed by atoms with E-state index in [9.17, 15) is 19.2 Å². The Labute approximate surface area is 144 Å². The molecule has 2 aliphatic rings. The molecular formula is C15H21NO9.